The van der Waals surface area contributed by atoms with E-state index in [2.05, 4.69) is 31.3 Å². The number of unbranched alkanes of at least 4 members (excludes halogenated alkanes) is 40. The number of aliphatic hydroxyl groups is 11. The Hall–Kier alpha value is -1.73. The van der Waals surface area contributed by atoms with Gasteiger partial charge in [0.2, 0.25) is 5.91 Å². The van der Waals surface area contributed by atoms with Crippen molar-refractivity contribution >= 4 is 5.91 Å². The minimum Gasteiger partial charge on any atom is -0.394 e. The van der Waals surface area contributed by atoms with Crippen molar-refractivity contribution in [3.63, 3.8) is 0 Å². The van der Waals surface area contributed by atoms with Crippen LogP contribution in [0, 0.1) is 0 Å². The molecule has 3 saturated heterocycles. The number of rotatable bonds is 58. The topological polar surface area (TPSA) is 307 Å². The van der Waals surface area contributed by atoms with Gasteiger partial charge in [-0.3, -0.25) is 4.79 Å². The summed E-state index contributed by atoms with van der Waals surface area (Å²) in [7, 11) is 0. The minimum atomic E-state index is -1.98. The maximum atomic E-state index is 13.4. The van der Waals surface area contributed by atoms with Gasteiger partial charge in [0.25, 0.3) is 0 Å². The lowest BCUT2D eigenvalue weighted by atomic mass is 9.96. The molecule has 0 saturated carbocycles. The zero-order chi connectivity index (χ0) is 66.1. The molecule has 17 unspecified atom stereocenters. The third-order valence-corrected chi connectivity index (χ3v) is 18.7. The number of ether oxygens (including phenoxy) is 6. The Balaban J connectivity index is 1.41. The van der Waals surface area contributed by atoms with Crippen LogP contribution in [-0.2, 0) is 33.2 Å². The number of carbonyl (C=O) groups excluding carboxylic acids is 1. The smallest absolute Gasteiger partial charge is 0.220 e. The van der Waals surface area contributed by atoms with Crippen LogP contribution in [0.1, 0.15) is 296 Å². The van der Waals surface area contributed by atoms with Crippen LogP contribution in [-0.4, -0.2) is 193 Å². The van der Waals surface area contributed by atoms with Gasteiger partial charge in [0.1, 0.15) is 73.2 Å². The quantitative estimate of drug-likeness (QED) is 0.0199. The highest BCUT2D eigenvalue weighted by Crippen LogP contribution is 2.33. The van der Waals surface area contributed by atoms with Crippen LogP contribution in [0.5, 0.6) is 0 Å². The van der Waals surface area contributed by atoms with E-state index < -0.39 is 124 Å². The molecule has 536 valence electrons. The van der Waals surface area contributed by atoms with E-state index in [9.17, 15) is 61.0 Å². The molecule has 0 bridgehead atoms. The Labute approximate surface area is 549 Å². The normalized spacial score (nSPS) is 27.9. The summed E-state index contributed by atoms with van der Waals surface area (Å²) in [6.45, 7) is 1.77. The average molecular weight is 1300 g/mol. The summed E-state index contributed by atoms with van der Waals surface area (Å²) in [6, 6.07) is -0.974. The highest BCUT2D eigenvalue weighted by molar-refractivity contribution is 5.76. The maximum absolute atomic E-state index is 13.4. The highest BCUT2D eigenvalue weighted by atomic mass is 16.8. The van der Waals surface area contributed by atoms with E-state index in [0.717, 1.165) is 57.8 Å². The minimum absolute atomic E-state index is 0.241. The van der Waals surface area contributed by atoms with Crippen molar-refractivity contribution in [1.82, 2.24) is 5.32 Å². The van der Waals surface area contributed by atoms with Crippen LogP contribution in [0.25, 0.3) is 0 Å². The fourth-order valence-corrected chi connectivity index (χ4v) is 12.7. The second-order valence-electron chi connectivity index (χ2n) is 26.8. The summed E-state index contributed by atoms with van der Waals surface area (Å²) in [6.07, 6.45) is 35.9. The summed E-state index contributed by atoms with van der Waals surface area (Å²) in [5.41, 5.74) is 0. The molecule has 0 aromatic heterocycles. The molecule has 3 aliphatic heterocycles. The molecule has 1 amide bonds. The summed E-state index contributed by atoms with van der Waals surface area (Å²) < 4.78 is 34.4. The molecular weight excluding hydrogens is 1170 g/mol. The molecule has 0 aromatic rings. The Kier molecular flexibility index (Phi) is 49.8. The number of aliphatic hydroxyl groups excluding tert-OH is 11. The van der Waals surface area contributed by atoms with Crippen molar-refractivity contribution < 1.29 is 89.4 Å². The van der Waals surface area contributed by atoms with Gasteiger partial charge in [0.15, 0.2) is 18.9 Å². The molecule has 3 rings (SSSR count). The zero-order valence-electron chi connectivity index (χ0n) is 56.8. The lowest BCUT2D eigenvalue weighted by Crippen LogP contribution is -2.66. The standard InChI is InChI=1S/C72H135NO18/c1-3-5-7-9-11-13-15-17-19-21-23-24-25-26-27-28-29-30-31-32-33-35-37-39-41-43-45-47-49-56(77)55(73-60(78)50-48-46-44-42-40-38-36-34-22-20-18-16-14-12-10-8-6-4-2)54-86-70-66(84)63(81)68(58(52-75)88-70)91-72-67(85)64(82)69(59(53-76)89-72)90-71-65(83)62(80)61(79)57(51-74)87-71/h20,22,47,49,55-59,61-72,74-77,79-85H,3-19,21,23-46,48,50-54H2,1-2H3,(H,73,78)/b22-20-,49-47+. The van der Waals surface area contributed by atoms with E-state index in [1.165, 1.54) is 212 Å². The first-order valence-electron chi connectivity index (χ1n) is 37.1. The van der Waals surface area contributed by atoms with Crippen molar-refractivity contribution in [3.05, 3.63) is 24.3 Å². The summed E-state index contributed by atoms with van der Waals surface area (Å²) in [5.74, 6) is -0.276. The second kappa shape index (κ2) is 54.3. The number of allylic oxidation sites excluding steroid dienone is 3. The van der Waals surface area contributed by atoms with Crippen LogP contribution in [0.15, 0.2) is 24.3 Å². The number of carbonyl (C=O) groups is 1. The summed E-state index contributed by atoms with van der Waals surface area (Å²) in [5, 5.41) is 121. The van der Waals surface area contributed by atoms with Crippen molar-refractivity contribution in [2.24, 2.45) is 0 Å². The third-order valence-electron chi connectivity index (χ3n) is 18.7. The first-order chi connectivity index (χ1) is 44.3. The molecule has 0 spiro atoms. The van der Waals surface area contributed by atoms with Gasteiger partial charge in [0.05, 0.1) is 38.6 Å². The summed E-state index contributed by atoms with van der Waals surface area (Å²) in [4.78, 5) is 13.4. The molecule has 3 fully saturated rings. The zero-order valence-corrected chi connectivity index (χ0v) is 56.8. The molecule has 3 heterocycles. The van der Waals surface area contributed by atoms with Gasteiger partial charge in [-0.2, -0.15) is 0 Å². The number of hydrogen-bond acceptors (Lipinski definition) is 18. The number of nitrogens with one attached hydrogen (secondary N) is 1. The van der Waals surface area contributed by atoms with Crippen LogP contribution >= 0.6 is 0 Å². The van der Waals surface area contributed by atoms with E-state index in [0.29, 0.717) is 6.42 Å². The predicted molar refractivity (Wildman–Crippen MR) is 356 cm³/mol. The van der Waals surface area contributed by atoms with Gasteiger partial charge in [-0.05, 0) is 44.9 Å². The van der Waals surface area contributed by atoms with Crippen molar-refractivity contribution in [2.75, 3.05) is 26.4 Å². The molecule has 17 atom stereocenters. The molecular formula is C72H135NO18. The molecule has 0 radical (unpaired) electrons. The molecule has 19 heteroatoms. The Morgan fingerprint density at radius 2 is 0.692 bits per heavy atom. The van der Waals surface area contributed by atoms with Gasteiger partial charge in [-0.1, -0.05) is 269 Å². The van der Waals surface area contributed by atoms with Gasteiger partial charge in [0, 0.05) is 6.42 Å². The van der Waals surface area contributed by atoms with Crippen LogP contribution in [0.2, 0.25) is 0 Å². The Morgan fingerprint density at radius 1 is 0.385 bits per heavy atom. The van der Waals surface area contributed by atoms with E-state index >= 15 is 0 Å². The molecule has 19 nitrogen and oxygen atoms in total. The monoisotopic (exact) mass is 1300 g/mol. The third kappa shape index (κ3) is 35.9. The average Bonchev–Trinajstić information content (AvgIpc) is 0.844. The van der Waals surface area contributed by atoms with Gasteiger partial charge >= 0.3 is 0 Å². The second-order valence-corrected chi connectivity index (χ2v) is 26.8. The van der Waals surface area contributed by atoms with E-state index in [1.807, 2.05) is 6.08 Å². The van der Waals surface area contributed by atoms with Gasteiger partial charge in [-0.25, -0.2) is 0 Å². The number of hydrogen-bond donors (Lipinski definition) is 12. The van der Waals surface area contributed by atoms with Crippen LogP contribution in [0.3, 0.4) is 0 Å². The van der Waals surface area contributed by atoms with Gasteiger partial charge in [-0.15, -0.1) is 0 Å². The molecule has 0 aromatic carbocycles. The maximum Gasteiger partial charge on any atom is 0.220 e. The lowest BCUT2D eigenvalue weighted by Gasteiger charge is -2.48. The van der Waals surface area contributed by atoms with E-state index in [4.69, 9.17) is 28.4 Å². The van der Waals surface area contributed by atoms with Crippen molar-refractivity contribution in [2.45, 2.75) is 401 Å². The Bertz CT molecular complexity index is 1750. The molecule has 3 aliphatic rings. The van der Waals surface area contributed by atoms with Crippen molar-refractivity contribution in [3.8, 4) is 0 Å². The summed E-state index contributed by atoms with van der Waals surface area (Å²) >= 11 is 0. The first kappa shape index (κ1) is 83.5. The molecule has 0 aliphatic carbocycles. The molecule has 91 heavy (non-hydrogen) atoms. The predicted octanol–water partition coefficient (Wildman–Crippen LogP) is 10.6. The van der Waals surface area contributed by atoms with E-state index in [1.54, 1.807) is 6.08 Å². The largest absolute Gasteiger partial charge is 0.394 e. The fraction of sp³-hybridized carbons (Fsp3) is 0.931. The van der Waals surface area contributed by atoms with Crippen LogP contribution in [0.4, 0.5) is 0 Å². The molecule has 12 N–H and O–H groups in total. The Morgan fingerprint density at radius 3 is 1.07 bits per heavy atom. The highest BCUT2D eigenvalue weighted by Gasteiger charge is 2.53. The SMILES string of the molecule is CCCCCCCCC/C=C\CCCCCCCCCC(=O)NC(COC1OC(CO)C(OC2OC(CO)C(OC3OC(CO)C(O)C(O)C3O)C(O)C2O)C(O)C1O)C(O)/C=C/CCCCCCCCCCCCCCCCCCCCCCCCCCCC. The fourth-order valence-electron chi connectivity index (χ4n) is 12.7. The number of amides is 1. The van der Waals surface area contributed by atoms with Crippen LogP contribution < -0.4 is 5.32 Å². The van der Waals surface area contributed by atoms with Gasteiger partial charge < -0.3 is 89.9 Å². The first-order valence-corrected chi connectivity index (χ1v) is 37.1. The van der Waals surface area contributed by atoms with Crippen molar-refractivity contribution in [1.29, 1.82) is 0 Å². The lowest BCUT2D eigenvalue weighted by molar-refractivity contribution is -0.379. The van der Waals surface area contributed by atoms with E-state index in [-0.39, 0.29) is 18.9 Å².